The molecule has 1 fully saturated rings. The van der Waals surface area contributed by atoms with E-state index in [9.17, 15) is 14.4 Å². The summed E-state index contributed by atoms with van der Waals surface area (Å²) in [5, 5.41) is 6.30. The smallest absolute Gasteiger partial charge is 0.409 e. The monoisotopic (exact) mass is 389 g/mol. The van der Waals surface area contributed by atoms with Crippen LogP contribution in [0.3, 0.4) is 0 Å². The van der Waals surface area contributed by atoms with Crippen LogP contribution in [0.15, 0.2) is 18.2 Å². The number of amides is 2. The van der Waals surface area contributed by atoms with E-state index in [4.69, 9.17) is 4.74 Å². The number of carbonyl (C=O) groups excluding carboxylic acids is 3. The van der Waals surface area contributed by atoms with Gasteiger partial charge in [0.15, 0.2) is 0 Å². The maximum absolute atomic E-state index is 13.3. The predicted octanol–water partition coefficient (Wildman–Crippen LogP) is 2.80. The van der Waals surface area contributed by atoms with Crippen LogP contribution in [0.25, 0.3) is 0 Å². The van der Waals surface area contributed by atoms with E-state index in [1.165, 1.54) is 6.92 Å². The summed E-state index contributed by atoms with van der Waals surface area (Å²) in [6.07, 6.45) is 0.436. The van der Waals surface area contributed by atoms with Crippen LogP contribution in [0.1, 0.15) is 44.7 Å². The fraction of sp³-hybridized carbons (Fsp3) is 0.571. The standard InChI is InChI=1S/C21H31N3O4/c1-6-28-20(27)24-12-10-21(11-13-24,23-16(4)17(5)25)19(26)22-18-14(2)8-7-9-15(18)3/h7-9,16,23H,6,10-13H2,1-5H3,(H,22,26). The Kier molecular flexibility index (Phi) is 7.18. The van der Waals surface area contributed by atoms with Crippen molar-refractivity contribution in [1.82, 2.24) is 10.2 Å². The molecule has 28 heavy (non-hydrogen) atoms. The number of hydrogen-bond donors (Lipinski definition) is 2. The van der Waals surface area contributed by atoms with Gasteiger partial charge in [-0.1, -0.05) is 18.2 Å². The highest BCUT2D eigenvalue weighted by Gasteiger charge is 2.44. The lowest BCUT2D eigenvalue weighted by atomic mass is 9.85. The maximum atomic E-state index is 13.3. The van der Waals surface area contributed by atoms with E-state index in [0.29, 0.717) is 32.5 Å². The molecule has 1 aliphatic rings. The molecular formula is C21H31N3O4. The number of aryl methyl sites for hydroxylation is 2. The molecule has 0 radical (unpaired) electrons. The van der Waals surface area contributed by atoms with E-state index >= 15 is 0 Å². The van der Waals surface area contributed by atoms with Gasteiger partial charge in [0.1, 0.15) is 11.3 Å². The molecule has 1 saturated heterocycles. The van der Waals surface area contributed by atoms with Gasteiger partial charge in [0.05, 0.1) is 12.6 Å². The van der Waals surface area contributed by atoms with Crippen molar-refractivity contribution < 1.29 is 19.1 Å². The molecule has 1 aliphatic heterocycles. The molecule has 2 N–H and O–H groups in total. The molecule has 1 unspecified atom stereocenters. The number of likely N-dealkylation sites (tertiary alicyclic amines) is 1. The lowest BCUT2D eigenvalue weighted by Gasteiger charge is -2.42. The fourth-order valence-corrected chi connectivity index (χ4v) is 3.48. The maximum Gasteiger partial charge on any atom is 0.409 e. The van der Waals surface area contributed by atoms with Gasteiger partial charge in [-0.3, -0.25) is 14.9 Å². The molecule has 1 heterocycles. The minimum Gasteiger partial charge on any atom is -0.450 e. The van der Waals surface area contributed by atoms with E-state index in [0.717, 1.165) is 16.8 Å². The second-order valence-electron chi connectivity index (χ2n) is 7.47. The predicted molar refractivity (Wildman–Crippen MR) is 108 cm³/mol. The SMILES string of the molecule is CCOC(=O)N1CCC(NC(C)C(C)=O)(C(=O)Nc2c(C)cccc2C)CC1. The van der Waals surface area contributed by atoms with Crippen LogP contribution in [-0.2, 0) is 14.3 Å². The minimum absolute atomic E-state index is 0.0351. The van der Waals surface area contributed by atoms with Crippen LogP contribution in [0.2, 0.25) is 0 Å². The van der Waals surface area contributed by atoms with E-state index in [1.807, 2.05) is 32.0 Å². The Bertz CT molecular complexity index is 719. The second kappa shape index (κ2) is 9.19. The third-order valence-corrected chi connectivity index (χ3v) is 5.40. The third kappa shape index (κ3) is 4.90. The van der Waals surface area contributed by atoms with Gasteiger partial charge in [-0.2, -0.15) is 0 Å². The number of nitrogens with one attached hydrogen (secondary N) is 2. The van der Waals surface area contributed by atoms with Crippen LogP contribution in [0.5, 0.6) is 0 Å². The van der Waals surface area contributed by atoms with E-state index in [2.05, 4.69) is 10.6 Å². The lowest BCUT2D eigenvalue weighted by Crippen LogP contribution is -2.63. The average Bonchev–Trinajstić information content (AvgIpc) is 2.65. The Morgan fingerprint density at radius 3 is 2.25 bits per heavy atom. The number of rotatable bonds is 6. The molecular weight excluding hydrogens is 358 g/mol. The fourth-order valence-electron chi connectivity index (χ4n) is 3.48. The highest BCUT2D eigenvalue weighted by molar-refractivity contribution is 6.00. The zero-order chi connectivity index (χ0) is 20.9. The van der Waals surface area contributed by atoms with Crippen molar-refractivity contribution in [3.8, 4) is 0 Å². The van der Waals surface area contributed by atoms with Gasteiger partial charge in [-0.05, 0) is 58.6 Å². The Morgan fingerprint density at radius 1 is 1.18 bits per heavy atom. The van der Waals surface area contributed by atoms with Crippen molar-refractivity contribution in [2.45, 2.75) is 59.0 Å². The van der Waals surface area contributed by atoms with Crippen molar-refractivity contribution in [2.24, 2.45) is 0 Å². The van der Waals surface area contributed by atoms with Crippen LogP contribution in [0, 0.1) is 13.8 Å². The van der Waals surface area contributed by atoms with Crippen LogP contribution >= 0.6 is 0 Å². The summed E-state index contributed by atoms with van der Waals surface area (Å²) in [4.78, 5) is 38.8. The summed E-state index contributed by atoms with van der Waals surface area (Å²) in [5.74, 6) is -0.214. The quantitative estimate of drug-likeness (QED) is 0.781. The summed E-state index contributed by atoms with van der Waals surface area (Å²) < 4.78 is 5.07. The molecule has 154 valence electrons. The molecule has 1 aromatic carbocycles. The Morgan fingerprint density at radius 2 is 1.75 bits per heavy atom. The number of carbonyl (C=O) groups is 3. The first-order chi connectivity index (χ1) is 13.2. The van der Waals surface area contributed by atoms with Crippen molar-refractivity contribution >= 4 is 23.5 Å². The molecule has 7 heteroatoms. The summed E-state index contributed by atoms with van der Waals surface area (Å²) in [6, 6.07) is 5.39. The Labute approximate surface area is 166 Å². The molecule has 0 aromatic heterocycles. The van der Waals surface area contributed by atoms with Gasteiger partial charge < -0.3 is 15.0 Å². The first-order valence-electron chi connectivity index (χ1n) is 9.77. The molecule has 0 saturated carbocycles. The van der Waals surface area contributed by atoms with Crippen molar-refractivity contribution in [3.05, 3.63) is 29.3 Å². The molecule has 1 aromatic rings. The largest absolute Gasteiger partial charge is 0.450 e. The van der Waals surface area contributed by atoms with Gasteiger partial charge in [0, 0.05) is 18.8 Å². The summed E-state index contributed by atoms with van der Waals surface area (Å²) in [7, 11) is 0. The Balaban J connectivity index is 2.23. The van der Waals surface area contributed by atoms with Gasteiger partial charge in [-0.15, -0.1) is 0 Å². The van der Waals surface area contributed by atoms with Gasteiger partial charge in [-0.25, -0.2) is 4.79 Å². The summed E-state index contributed by atoms with van der Waals surface area (Å²) in [5.41, 5.74) is 1.82. The van der Waals surface area contributed by atoms with Gasteiger partial charge in [0.25, 0.3) is 0 Å². The van der Waals surface area contributed by atoms with Crippen molar-refractivity contribution in [2.75, 3.05) is 25.0 Å². The minimum atomic E-state index is -0.928. The zero-order valence-electron chi connectivity index (χ0n) is 17.4. The van der Waals surface area contributed by atoms with Crippen molar-refractivity contribution in [3.63, 3.8) is 0 Å². The number of nitrogens with zero attached hydrogens (tertiary/aromatic N) is 1. The average molecular weight is 389 g/mol. The zero-order valence-corrected chi connectivity index (χ0v) is 17.4. The normalized spacial score (nSPS) is 17.0. The highest BCUT2D eigenvalue weighted by atomic mass is 16.6. The third-order valence-electron chi connectivity index (χ3n) is 5.40. The van der Waals surface area contributed by atoms with Crippen LogP contribution in [0.4, 0.5) is 10.5 Å². The number of ketones is 1. The van der Waals surface area contributed by atoms with Crippen LogP contribution < -0.4 is 10.6 Å². The van der Waals surface area contributed by atoms with Crippen molar-refractivity contribution in [1.29, 1.82) is 0 Å². The molecule has 0 aliphatic carbocycles. The molecule has 2 rings (SSSR count). The van der Waals surface area contributed by atoms with E-state index in [1.54, 1.807) is 18.7 Å². The number of ether oxygens (including phenoxy) is 1. The topological polar surface area (TPSA) is 87.7 Å². The van der Waals surface area contributed by atoms with Gasteiger partial charge >= 0.3 is 6.09 Å². The number of Topliss-reactive ketones (excluding diaryl/α,β-unsaturated/α-hetero) is 1. The second-order valence-corrected chi connectivity index (χ2v) is 7.47. The molecule has 0 bridgehead atoms. The highest BCUT2D eigenvalue weighted by Crippen LogP contribution is 2.28. The van der Waals surface area contributed by atoms with Crippen LogP contribution in [-0.4, -0.2) is 54.0 Å². The summed E-state index contributed by atoms with van der Waals surface area (Å²) >= 11 is 0. The number of anilines is 1. The molecule has 2 amide bonds. The van der Waals surface area contributed by atoms with E-state index < -0.39 is 11.6 Å². The molecule has 0 spiro atoms. The van der Waals surface area contributed by atoms with E-state index in [-0.39, 0.29) is 17.8 Å². The number of benzene rings is 1. The molecule has 1 atom stereocenters. The molecule has 7 nitrogen and oxygen atoms in total. The number of piperidine rings is 1. The number of para-hydroxylation sites is 1. The summed E-state index contributed by atoms with van der Waals surface area (Å²) in [6.45, 7) is 10.0. The van der Waals surface area contributed by atoms with Gasteiger partial charge in [0.2, 0.25) is 5.91 Å². The number of hydrogen-bond acceptors (Lipinski definition) is 5. The Hall–Kier alpha value is -2.41. The first kappa shape index (κ1) is 21.9. The lowest BCUT2D eigenvalue weighted by molar-refractivity contribution is -0.126. The first-order valence-corrected chi connectivity index (χ1v) is 9.77.